The molecule has 4 aromatic rings. The van der Waals surface area contributed by atoms with Crippen molar-refractivity contribution in [3.05, 3.63) is 116 Å². The Morgan fingerprint density at radius 3 is 2.40 bits per heavy atom. The quantitative estimate of drug-likeness (QED) is 0.247. The number of aromatic amines is 1. The van der Waals surface area contributed by atoms with Crippen LogP contribution in [0.1, 0.15) is 32.1 Å². The van der Waals surface area contributed by atoms with Crippen molar-refractivity contribution in [3.8, 4) is 0 Å². The zero-order chi connectivity index (χ0) is 24.9. The minimum Gasteiger partial charge on any atom is -0.465 e. The van der Waals surface area contributed by atoms with Crippen LogP contribution >= 0.6 is 0 Å². The lowest BCUT2D eigenvalue weighted by atomic mass is 10.1. The first-order chi connectivity index (χ1) is 16.9. The molecule has 0 spiro atoms. The Morgan fingerprint density at radius 1 is 1.00 bits per heavy atom. The number of nitro groups is 1. The Morgan fingerprint density at radius 2 is 1.69 bits per heavy atom. The molecule has 0 fully saturated rings. The number of nitrogens with zero attached hydrogens (tertiary/aromatic N) is 3. The number of nitrogens with one attached hydrogen (secondary N) is 1. The zero-order valence-electron chi connectivity index (χ0n) is 18.6. The van der Waals surface area contributed by atoms with Crippen LogP contribution in [0.4, 0.5) is 5.69 Å². The lowest BCUT2D eigenvalue weighted by molar-refractivity contribution is -0.384. The predicted octanol–water partition coefficient (Wildman–Crippen LogP) is 3.46. The van der Waals surface area contributed by atoms with Gasteiger partial charge in [-0.05, 0) is 23.8 Å². The number of methoxy groups -OCH3 is 1. The second-order valence-electron chi connectivity index (χ2n) is 7.69. The van der Waals surface area contributed by atoms with Gasteiger partial charge >= 0.3 is 5.97 Å². The third kappa shape index (κ3) is 5.22. The number of carbonyl (C=O) groups excluding carboxylic acids is 2. The molecule has 0 saturated heterocycles. The van der Waals surface area contributed by atoms with Crippen molar-refractivity contribution in [1.29, 1.82) is 0 Å². The molecule has 35 heavy (non-hydrogen) atoms. The van der Waals surface area contributed by atoms with Crippen LogP contribution in [-0.2, 0) is 17.8 Å². The van der Waals surface area contributed by atoms with Crippen LogP contribution in [0.15, 0.2) is 77.6 Å². The molecule has 0 aliphatic heterocycles. The number of nitro benzene ring substituents is 1. The molecule has 10 heteroatoms. The highest BCUT2D eigenvalue weighted by Gasteiger charge is 2.23. The lowest BCUT2D eigenvalue weighted by Crippen LogP contribution is -2.32. The lowest BCUT2D eigenvalue weighted by Gasteiger charge is -2.23. The van der Waals surface area contributed by atoms with E-state index in [-0.39, 0.29) is 35.6 Å². The number of carbonyl (C=O) groups is 2. The van der Waals surface area contributed by atoms with Crippen molar-refractivity contribution in [1.82, 2.24) is 14.9 Å². The van der Waals surface area contributed by atoms with Crippen LogP contribution in [-0.4, -0.2) is 38.8 Å². The van der Waals surface area contributed by atoms with Crippen LogP contribution in [0.3, 0.4) is 0 Å². The number of rotatable bonds is 7. The summed E-state index contributed by atoms with van der Waals surface area (Å²) in [5.74, 6) is -1.15. The molecular weight excluding hydrogens is 452 g/mol. The molecule has 3 aromatic carbocycles. The topological polar surface area (TPSA) is 136 Å². The number of ether oxygens (including phenoxy) is 1. The van der Waals surface area contributed by atoms with Gasteiger partial charge in [-0.15, -0.1) is 0 Å². The van der Waals surface area contributed by atoms with Crippen LogP contribution in [0.2, 0.25) is 0 Å². The Bertz CT molecular complexity index is 1480. The van der Waals surface area contributed by atoms with E-state index in [2.05, 4.69) is 14.7 Å². The van der Waals surface area contributed by atoms with Gasteiger partial charge in [0, 0.05) is 24.2 Å². The summed E-state index contributed by atoms with van der Waals surface area (Å²) in [4.78, 5) is 57.5. The van der Waals surface area contributed by atoms with Gasteiger partial charge < -0.3 is 14.6 Å². The molecule has 0 aliphatic carbocycles. The van der Waals surface area contributed by atoms with E-state index in [0.29, 0.717) is 10.9 Å². The van der Waals surface area contributed by atoms with Gasteiger partial charge in [-0.2, -0.15) is 0 Å². The molecule has 0 atom stereocenters. The van der Waals surface area contributed by atoms with E-state index in [4.69, 9.17) is 0 Å². The number of para-hydroxylation sites is 1. The van der Waals surface area contributed by atoms with Gasteiger partial charge in [0.25, 0.3) is 17.2 Å². The summed E-state index contributed by atoms with van der Waals surface area (Å²) < 4.78 is 4.68. The molecule has 0 bridgehead atoms. The zero-order valence-corrected chi connectivity index (χ0v) is 18.6. The number of fused-ring (bicyclic) bond motifs is 1. The molecular formula is C25H20N4O6. The molecule has 4 rings (SSSR count). The number of amides is 1. The van der Waals surface area contributed by atoms with E-state index in [9.17, 15) is 24.5 Å². The summed E-state index contributed by atoms with van der Waals surface area (Å²) in [6, 6.07) is 19.3. The first kappa shape index (κ1) is 23.3. The van der Waals surface area contributed by atoms with Crippen LogP contribution in [0.25, 0.3) is 10.9 Å². The number of non-ortho nitro benzene ring substituents is 1. The summed E-state index contributed by atoms with van der Waals surface area (Å²) in [6.45, 7) is 0.0521. The van der Waals surface area contributed by atoms with Crippen molar-refractivity contribution in [2.24, 2.45) is 0 Å². The number of esters is 1. The van der Waals surface area contributed by atoms with Gasteiger partial charge in [0.1, 0.15) is 5.82 Å². The Kier molecular flexibility index (Phi) is 6.63. The summed E-state index contributed by atoms with van der Waals surface area (Å²) >= 11 is 0. The fraction of sp³-hybridized carbons (Fsp3) is 0.120. The molecule has 0 saturated carbocycles. The van der Waals surface area contributed by atoms with Crippen molar-refractivity contribution < 1.29 is 19.2 Å². The molecule has 0 aliphatic rings. The molecule has 1 heterocycles. The number of aromatic nitrogens is 2. The predicted molar refractivity (Wildman–Crippen MR) is 127 cm³/mol. The standard InChI is InChI=1S/C25H20N4O6/c1-35-25(32)18-11-17(12-19(13-18)29(33)34)24(31)28(14-16-7-3-2-4-8-16)15-22-26-21-10-6-5-9-20(21)23(30)27-22/h2-13H,14-15H2,1H3,(H,26,27,30). The fourth-order valence-corrected chi connectivity index (χ4v) is 3.65. The second-order valence-corrected chi connectivity index (χ2v) is 7.69. The first-order valence-electron chi connectivity index (χ1n) is 10.5. The van der Waals surface area contributed by atoms with E-state index in [1.807, 2.05) is 30.3 Å². The SMILES string of the molecule is COC(=O)c1cc(C(=O)N(Cc2ccccc2)Cc2nc3ccccc3c(=O)[nH]2)cc([N+](=O)[O-])c1. The van der Waals surface area contributed by atoms with Gasteiger partial charge in [-0.1, -0.05) is 42.5 Å². The van der Waals surface area contributed by atoms with Gasteiger partial charge in [-0.3, -0.25) is 19.7 Å². The molecule has 1 amide bonds. The number of H-pyrrole nitrogens is 1. The molecule has 0 radical (unpaired) electrons. The first-order valence-corrected chi connectivity index (χ1v) is 10.5. The largest absolute Gasteiger partial charge is 0.465 e. The second kappa shape index (κ2) is 9.96. The van der Waals surface area contributed by atoms with E-state index in [0.717, 1.165) is 24.8 Å². The van der Waals surface area contributed by atoms with E-state index in [1.54, 1.807) is 24.3 Å². The number of hydrogen-bond acceptors (Lipinski definition) is 7. The molecule has 1 aromatic heterocycles. The third-order valence-corrected chi connectivity index (χ3v) is 5.30. The fourth-order valence-electron chi connectivity index (χ4n) is 3.65. The molecule has 176 valence electrons. The van der Waals surface area contributed by atoms with E-state index in [1.165, 1.54) is 11.0 Å². The summed E-state index contributed by atoms with van der Waals surface area (Å²) in [5.41, 5.74) is 0.305. The minimum absolute atomic E-state index is 0.0707. The maximum atomic E-state index is 13.6. The van der Waals surface area contributed by atoms with Gasteiger partial charge in [0.05, 0.1) is 35.0 Å². The van der Waals surface area contributed by atoms with Crippen molar-refractivity contribution in [3.63, 3.8) is 0 Å². The van der Waals surface area contributed by atoms with Crippen molar-refractivity contribution in [2.75, 3.05) is 7.11 Å². The molecule has 0 unspecified atom stereocenters. The Labute approximate surface area is 199 Å². The number of benzene rings is 3. The van der Waals surface area contributed by atoms with Crippen molar-refractivity contribution in [2.45, 2.75) is 13.1 Å². The minimum atomic E-state index is -0.808. The maximum Gasteiger partial charge on any atom is 0.338 e. The highest BCUT2D eigenvalue weighted by molar-refractivity contribution is 5.99. The third-order valence-electron chi connectivity index (χ3n) is 5.30. The van der Waals surface area contributed by atoms with E-state index < -0.39 is 22.5 Å². The smallest absolute Gasteiger partial charge is 0.338 e. The highest BCUT2D eigenvalue weighted by Crippen LogP contribution is 2.21. The summed E-state index contributed by atoms with van der Waals surface area (Å²) in [6.07, 6.45) is 0. The van der Waals surface area contributed by atoms with Crippen LogP contribution in [0.5, 0.6) is 0 Å². The average Bonchev–Trinajstić information content (AvgIpc) is 2.87. The normalized spacial score (nSPS) is 10.7. The molecule has 10 nitrogen and oxygen atoms in total. The summed E-state index contributed by atoms with van der Waals surface area (Å²) in [7, 11) is 1.14. The maximum absolute atomic E-state index is 13.6. The number of hydrogen-bond donors (Lipinski definition) is 1. The van der Waals surface area contributed by atoms with Gasteiger partial charge in [0.15, 0.2) is 0 Å². The molecule has 1 N–H and O–H groups in total. The van der Waals surface area contributed by atoms with Gasteiger partial charge in [0.2, 0.25) is 0 Å². The summed E-state index contributed by atoms with van der Waals surface area (Å²) in [5, 5.41) is 11.8. The monoisotopic (exact) mass is 472 g/mol. The Hall–Kier alpha value is -4.86. The van der Waals surface area contributed by atoms with Gasteiger partial charge in [-0.25, -0.2) is 9.78 Å². The van der Waals surface area contributed by atoms with Crippen molar-refractivity contribution >= 4 is 28.5 Å². The average molecular weight is 472 g/mol. The highest BCUT2D eigenvalue weighted by atomic mass is 16.6. The van der Waals surface area contributed by atoms with Crippen LogP contribution in [0, 0.1) is 10.1 Å². The Balaban J connectivity index is 1.76. The van der Waals surface area contributed by atoms with E-state index >= 15 is 0 Å². The van der Waals surface area contributed by atoms with Crippen LogP contribution < -0.4 is 5.56 Å².